The number of hydrogen-bond acceptors (Lipinski definition) is 4. The van der Waals surface area contributed by atoms with E-state index in [1.165, 1.54) is 0 Å². The summed E-state index contributed by atoms with van der Waals surface area (Å²) in [4.78, 5) is 10.1. The molecule has 0 aliphatic carbocycles. The third-order valence-corrected chi connectivity index (χ3v) is 2.07. The molecule has 0 radical (unpaired) electrons. The molecule has 5 heteroatoms. The Morgan fingerprint density at radius 3 is 2.36 bits per heavy atom. The monoisotopic (exact) mass is 195 g/mol. The first-order valence-electron chi connectivity index (χ1n) is 4.26. The Labute approximate surface area is 81.9 Å². The van der Waals surface area contributed by atoms with E-state index in [0.717, 1.165) is 5.56 Å². The molecular weight excluding hydrogens is 182 g/mol. The predicted octanol–water partition coefficient (Wildman–Crippen LogP) is 0.119. The van der Waals surface area contributed by atoms with Gasteiger partial charge < -0.3 is 5.73 Å². The van der Waals surface area contributed by atoms with E-state index in [2.05, 4.69) is 0 Å². The van der Waals surface area contributed by atoms with Crippen molar-refractivity contribution in [1.82, 2.24) is 0 Å². The first kappa shape index (κ1) is 10.6. The van der Waals surface area contributed by atoms with Gasteiger partial charge in [-0.15, -0.1) is 0 Å². The van der Waals surface area contributed by atoms with Crippen molar-refractivity contribution in [3.63, 3.8) is 0 Å². The Balaban J connectivity index is 2.81. The zero-order valence-corrected chi connectivity index (χ0v) is 7.72. The van der Waals surface area contributed by atoms with Crippen LogP contribution in [0.25, 0.3) is 0 Å². The molecule has 1 rings (SSSR count). The Bertz CT molecular complexity index is 315. The van der Waals surface area contributed by atoms with Crippen LogP contribution in [0.1, 0.15) is 5.56 Å². The fourth-order valence-electron chi connectivity index (χ4n) is 1.16. The second kappa shape index (κ2) is 4.17. The molecule has 1 unspecified atom stereocenters. The van der Waals surface area contributed by atoms with Crippen molar-refractivity contribution in [1.29, 1.82) is 0 Å². The van der Waals surface area contributed by atoms with Gasteiger partial charge in [-0.1, -0.05) is 30.3 Å². The molecule has 0 saturated heterocycles. The largest absolute Gasteiger partial charge is 0.323 e. The Morgan fingerprint density at radius 1 is 1.36 bits per heavy atom. The van der Waals surface area contributed by atoms with Crippen molar-refractivity contribution in [2.24, 2.45) is 11.5 Å². The molecule has 1 aromatic rings. The van der Waals surface area contributed by atoms with E-state index in [0.29, 0.717) is 0 Å². The van der Waals surface area contributed by atoms with Gasteiger partial charge in [0, 0.05) is 4.92 Å². The zero-order valence-electron chi connectivity index (χ0n) is 7.72. The fraction of sp³-hybridized carbons (Fsp3) is 0.333. The highest BCUT2D eigenvalue weighted by Crippen LogP contribution is 2.10. The lowest BCUT2D eigenvalue weighted by atomic mass is 10.0. The topological polar surface area (TPSA) is 95.2 Å². The molecule has 0 saturated carbocycles. The van der Waals surface area contributed by atoms with Gasteiger partial charge >= 0.3 is 0 Å². The summed E-state index contributed by atoms with van der Waals surface area (Å²) in [6.07, 6.45) is 0.150. The molecule has 0 fully saturated rings. The Kier molecular flexibility index (Phi) is 3.16. The molecular formula is C9H13N3O2. The molecule has 0 aromatic heterocycles. The maximum atomic E-state index is 10.7. The van der Waals surface area contributed by atoms with Crippen LogP contribution >= 0.6 is 0 Å². The van der Waals surface area contributed by atoms with Crippen LogP contribution in [0, 0.1) is 10.1 Å². The average Bonchev–Trinajstić information content (AvgIpc) is 2.19. The molecule has 0 aliphatic rings. The molecule has 1 aromatic carbocycles. The van der Waals surface area contributed by atoms with Gasteiger partial charge in [0.2, 0.25) is 0 Å². The summed E-state index contributed by atoms with van der Waals surface area (Å²) < 4.78 is 0. The van der Waals surface area contributed by atoms with E-state index in [4.69, 9.17) is 11.5 Å². The lowest BCUT2D eigenvalue weighted by Crippen LogP contribution is -2.55. The number of nitrogens with two attached hydrogens (primary N) is 2. The van der Waals surface area contributed by atoms with Crippen LogP contribution in [-0.2, 0) is 6.42 Å². The Morgan fingerprint density at radius 2 is 1.93 bits per heavy atom. The van der Waals surface area contributed by atoms with Crippen LogP contribution in [0.15, 0.2) is 30.3 Å². The van der Waals surface area contributed by atoms with Crippen LogP contribution in [-0.4, -0.2) is 17.1 Å². The second-order valence-corrected chi connectivity index (χ2v) is 3.23. The predicted molar refractivity (Wildman–Crippen MR) is 53.1 cm³/mol. The smallest absolute Gasteiger partial charge is 0.288 e. The van der Waals surface area contributed by atoms with Crippen LogP contribution in [0.2, 0.25) is 0 Å². The van der Waals surface area contributed by atoms with Gasteiger partial charge in [0.15, 0.2) is 0 Å². The van der Waals surface area contributed by atoms with Gasteiger partial charge in [0.1, 0.15) is 0 Å². The molecule has 4 N–H and O–H groups in total. The molecule has 0 aliphatic heterocycles. The van der Waals surface area contributed by atoms with Crippen molar-refractivity contribution < 1.29 is 4.92 Å². The number of nitrogens with zero attached hydrogens (tertiary/aromatic N) is 1. The van der Waals surface area contributed by atoms with E-state index in [1.807, 2.05) is 18.2 Å². The SMILES string of the molecule is NCC(N)(Cc1ccccc1)[N+](=O)[O-]. The highest BCUT2D eigenvalue weighted by molar-refractivity contribution is 5.16. The average molecular weight is 195 g/mol. The molecule has 0 amide bonds. The molecule has 0 bridgehead atoms. The number of nitro groups is 1. The molecule has 0 heterocycles. The van der Waals surface area contributed by atoms with Gasteiger partial charge in [-0.2, -0.15) is 0 Å². The van der Waals surface area contributed by atoms with Crippen LogP contribution in [0.5, 0.6) is 0 Å². The minimum atomic E-state index is -1.55. The van der Waals surface area contributed by atoms with Crippen molar-refractivity contribution in [3.05, 3.63) is 46.0 Å². The van der Waals surface area contributed by atoms with E-state index >= 15 is 0 Å². The lowest BCUT2D eigenvalue weighted by molar-refractivity contribution is -0.565. The van der Waals surface area contributed by atoms with Crippen LogP contribution in [0.4, 0.5) is 0 Å². The standard InChI is InChI=1S/C9H13N3O2/c10-7-9(11,12(13)14)6-8-4-2-1-3-5-8/h1-5H,6-7,10-11H2. The second-order valence-electron chi connectivity index (χ2n) is 3.23. The summed E-state index contributed by atoms with van der Waals surface area (Å²) in [6.45, 7) is -0.172. The lowest BCUT2D eigenvalue weighted by Gasteiger charge is -2.18. The van der Waals surface area contributed by atoms with Crippen LogP contribution < -0.4 is 11.5 Å². The van der Waals surface area contributed by atoms with Gasteiger partial charge in [0.05, 0.1) is 13.0 Å². The third-order valence-electron chi connectivity index (χ3n) is 2.07. The van der Waals surface area contributed by atoms with Crippen molar-refractivity contribution >= 4 is 0 Å². The molecule has 5 nitrogen and oxygen atoms in total. The fourth-order valence-corrected chi connectivity index (χ4v) is 1.16. The molecule has 0 spiro atoms. The number of hydrogen-bond donors (Lipinski definition) is 2. The Hall–Kier alpha value is -1.46. The van der Waals surface area contributed by atoms with E-state index < -0.39 is 10.6 Å². The third kappa shape index (κ3) is 2.27. The summed E-state index contributed by atoms with van der Waals surface area (Å²) in [5, 5.41) is 10.7. The number of benzene rings is 1. The molecule has 14 heavy (non-hydrogen) atoms. The van der Waals surface area contributed by atoms with E-state index in [-0.39, 0.29) is 13.0 Å². The highest BCUT2D eigenvalue weighted by Gasteiger charge is 2.36. The van der Waals surface area contributed by atoms with E-state index in [1.54, 1.807) is 12.1 Å². The summed E-state index contributed by atoms with van der Waals surface area (Å²) in [5.74, 6) is 0. The molecule has 76 valence electrons. The van der Waals surface area contributed by atoms with E-state index in [9.17, 15) is 10.1 Å². The van der Waals surface area contributed by atoms with Crippen molar-refractivity contribution in [2.75, 3.05) is 6.54 Å². The summed E-state index contributed by atoms with van der Waals surface area (Å²) >= 11 is 0. The van der Waals surface area contributed by atoms with Crippen LogP contribution in [0.3, 0.4) is 0 Å². The van der Waals surface area contributed by atoms with Gasteiger partial charge in [0.25, 0.3) is 5.66 Å². The van der Waals surface area contributed by atoms with Gasteiger partial charge in [-0.25, -0.2) is 0 Å². The zero-order chi connectivity index (χ0) is 10.6. The summed E-state index contributed by atoms with van der Waals surface area (Å²) in [7, 11) is 0. The van der Waals surface area contributed by atoms with Crippen molar-refractivity contribution in [2.45, 2.75) is 12.1 Å². The first-order chi connectivity index (χ1) is 6.58. The maximum absolute atomic E-state index is 10.7. The minimum absolute atomic E-state index is 0.150. The van der Waals surface area contributed by atoms with Gasteiger partial charge in [-0.05, 0) is 5.56 Å². The summed E-state index contributed by atoms with van der Waals surface area (Å²) in [6, 6.07) is 9.05. The quantitative estimate of drug-likeness (QED) is 0.405. The first-order valence-corrected chi connectivity index (χ1v) is 4.26. The minimum Gasteiger partial charge on any atom is -0.323 e. The highest BCUT2D eigenvalue weighted by atomic mass is 16.6. The summed E-state index contributed by atoms with van der Waals surface area (Å²) in [5.41, 5.74) is 10.1. The maximum Gasteiger partial charge on any atom is 0.288 e. The van der Waals surface area contributed by atoms with Crippen molar-refractivity contribution in [3.8, 4) is 0 Å². The normalized spacial score (nSPS) is 14.7. The van der Waals surface area contributed by atoms with Gasteiger partial charge in [-0.3, -0.25) is 15.8 Å². The molecule has 1 atom stereocenters. The number of rotatable bonds is 4.